The average molecular weight is 293 g/mol. The molecular weight excluding hydrogens is 270 g/mol. The van der Waals surface area contributed by atoms with Crippen molar-refractivity contribution < 1.29 is 14.7 Å². The number of rotatable bonds is 6. The second kappa shape index (κ2) is 7.64. The Hall–Kier alpha value is -2.08. The van der Waals surface area contributed by atoms with Crippen LogP contribution in [0.25, 0.3) is 0 Å². The van der Waals surface area contributed by atoms with Gasteiger partial charge in [-0.05, 0) is 31.0 Å². The van der Waals surface area contributed by atoms with Crippen LogP contribution in [0, 0.1) is 0 Å². The third-order valence-electron chi connectivity index (χ3n) is 3.23. The fourth-order valence-electron chi connectivity index (χ4n) is 1.86. The van der Waals surface area contributed by atoms with Gasteiger partial charge in [-0.1, -0.05) is 12.1 Å². The first-order valence-electron chi connectivity index (χ1n) is 6.87. The Labute approximate surface area is 125 Å². The quantitative estimate of drug-likeness (QED) is 0.784. The summed E-state index contributed by atoms with van der Waals surface area (Å²) >= 11 is 0. The third-order valence-corrected chi connectivity index (χ3v) is 3.23. The standard InChI is InChI=1S/C15H23N3O3/c1-4-18(10-14(20)17(2)3)15(21)13(16)9-11-5-7-12(19)8-6-11/h5-8,13,19H,4,9-10,16H2,1-3H3. The number of hydrogen-bond donors (Lipinski definition) is 2. The van der Waals surface area contributed by atoms with Crippen molar-refractivity contribution in [3.8, 4) is 5.75 Å². The van der Waals surface area contributed by atoms with E-state index < -0.39 is 6.04 Å². The lowest BCUT2D eigenvalue weighted by Crippen LogP contribution is -2.48. The fraction of sp³-hybridized carbons (Fsp3) is 0.467. The SMILES string of the molecule is CCN(CC(=O)N(C)C)C(=O)C(N)Cc1ccc(O)cc1. The first-order chi connectivity index (χ1) is 9.85. The van der Waals surface area contributed by atoms with Gasteiger partial charge in [0.15, 0.2) is 0 Å². The first-order valence-corrected chi connectivity index (χ1v) is 6.87. The average Bonchev–Trinajstić information content (AvgIpc) is 2.45. The molecule has 1 aromatic rings. The molecule has 6 heteroatoms. The van der Waals surface area contributed by atoms with E-state index in [-0.39, 0.29) is 24.1 Å². The minimum Gasteiger partial charge on any atom is -0.508 e. The van der Waals surface area contributed by atoms with E-state index in [9.17, 15) is 14.7 Å². The molecule has 116 valence electrons. The highest BCUT2D eigenvalue weighted by atomic mass is 16.3. The Morgan fingerprint density at radius 3 is 2.29 bits per heavy atom. The molecule has 0 fully saturated rings. The maximum Gasteiger partial charge on any atom is 0.241 e. The molecule has 0 heterocycles. The lowest BCUT2D eigenvalue weighted by atomic mass is 10.1. The molecule has 0 bridgehead atoms. The minimum absolute atomic E-state index is 0.0333. The molecule has 3 N–H and O–H groups in total. The molecule has 6 nitrogen and oxygen atoms in total. The number of carbonyl (C=O) groups is 2. The van der Waals surface area contributed by atoms with Gasteiger partial charge in [-0.3, -0.25) is 9.59 Å². The fourth-order valence-corrected chi connectivity index (χ4v) is 1.86. The largest absolute Gasteiger partial charge is 0.508 e. The highest BCUT2D eigenvalue weighted by Crippen LogP contribution is 2.11. The van der Waals surface area contributed by atoms with Crippen LogP contribution in [-0.2, 0) is 16.0 Å². The number of phenolic OH excluding ortho intramolecular Hbond substituents is 1. The number of carbonyl (C=O) groups excluding carboxylic acids is 2. The van der Waals surface area contributed by atoms with E-state index in [0.29, 0.717) is 13.0 Å². The Kier molecular flexibility index (Phi) is 6.17. The van der Waals surface area contributed by atoms with Crippen LogP contribution < -0.4 is 5.73 Å². The topological polar surface area (TPSA) is 86.9 Å². The van der Waals surface area contributed by atoms with Crippen LogP contribution in [0.3, 0.4) is 0 Å². The van der Waals surface area contributed by atoms with Crippen molar-refractivity contribution >= 4 is 11.8 Å². The number of amides is 2. The number of phenols is 1. The van der Waals surface area contributed by atoms with Gasteiger partial charge in [0.2, 0.25) is 11.8 Å². The lowest BCUT2D eigenvalue weighted by molar-refractivity contribution is -0.139. The lowest BCUT2D eigenvalue weighted by Gasteiger charge is -2.25. The molecular formula is C15H23N3O3. The Morgan fingerprint density at radius 2 is 1.81 bits per heavy atom. The van der Waals surface area contributed by atoms with E-state index in [1.54, 1.807) is 38.4 Å². The molecule has 0 spiro atoms. The van der Waals surface area contributed by atoms with Crippen molar-refractivity contribution in [2.45, 2.75) is 19.4 Å². The molecule has 0 aliphatic carbocycles. The van der Waals surface area contributed by atoms with E-state index in [4.69, 9.17) is 5.73 Å². The van der Waals surface area contributed by atoms with E-state index in [1.807, 2.05) is 6.92 Å². The Balaban J connectivity index is 2.66. The van der Waals surface area contributed by atoms with Gasteiger partial charge in [-0.15, -0.1) is 0 Å². The van der Waals surface area contributed by atoms with Gasteiger partial charge in [0.1, 0.15) is 5.75 Å². The molecule has 2 amide bonds. The van der Waals surface area contributed by atoms with Crippen LogP contribution in [0.5, 0.6) is 5.75 Å². The molecule has 1 rings (SSSR count). The van der Waals surface area contributed by atoms with Crippen molar-refractivity contribution in [1.82, 2.24) is 9.80 Å². The second-order valence-electron chi connectivity index (χ2n) is 5.12. The van der Waals surface area contributed by atoms with Crippen LogP contribution in [0.15, 0.2) is 24.3 Å². The van der Waals surface area contributed by atoms with Gasteiger partial charge < -0.3 is 20.6 Å². The van der Waals surface area contributed by atoms with E-state index in [1.165, 1.54) is 9.80 Å². The number of nitrogens with zero attached hydrogens (tertiary/aromatic N) is 2. The van der Waals surface area contributed by atoms with Gasteiger partial charge >= 0.3 is 0 Å². The molecule has 1 atom stereocenters. The van der Waals surface area contributed by atoms with Crippen molar-refractivity contribution in [2.75, 3.05) is 27.2 Å². The summed E-state index contributed by atoms with van der Waals surface area (Å²) in [5, 5.41) is 9.23. The summed E-state index contributed by atoms with van der Waals surface area (Å²) in [6.07, 6.45) is 0.367. The van der Waals surface area contributed by atoms with Crippen LogP contribution >= 0.6 is 0 Å². The van der Waals surface area contributed by atoms with E-state index in [2.05, 4.69) is 0 Å². The summed E-state index contributed by atoms with van der Waals surface area (Å²) < 4.78 is 0. The predicted octanol–water partition coefficient (Wildman–Crippen LogP) is 0.199. The van der Waals surface area contributed by atoms with Crippen molar-refractivity contribution in [2.24, 2.45) is 5.73 Å². The maximum atomic E-state index is 12.3. The number of hydrogen-bond acceptors (Lipinski definition) is 4. The van der Waals surface area contributed by atoms with Crippen molar-refractivity contribution in [3.63, 3.8) is 0 Å². The number of aromatic hydroxyl groups is 1. The second-order valence-corrected chi connectivity index (χ2v) is 5.12. The molecule has 1 unspecified atom stereocenters. The van der Waals surface area contributed by atoms with Crippen LogP contribution in [-0.4, -0.2) is 59.9 Å². The van der Waals surface area contributed by atoms with Crippen LogP contribution in [0.1, 0.15) is 12.5 Å². The smallest absolute Gasteiger partial charge is 0.241 e. The molecule has 0 aromatic heterocycles. The predicted molar refractivity (Wildman–Crippen MR) is 80.7 cm³/mol. The molecule has 1 aromatic carbocycles. The molecule has 0 saturated carbocycles. The zero-order chi connectivity index (χ0) is 16.0. The van der Waals surface area contributed by atoms with Crippen molar-refractivity contribution in [3.05, 3.63) is 29.8 Å². The molecule has 0 aliphatic heterocycles. The van der Waals surface area contributed by atoms with Gasteiger partial charge in [-0.25, -0.2) is 0 Å². The van der Waals surface area contributed by atoms with Crippen LogP contribution in [0.2, 0.25) is 0 Å². The highest BCUT2D eigenvalue weighted by molar-refractivity contribution is 5.87. The summed E-state index contributed by atoms with van der Waals surface area (Å²) in [4.78, 5) is 26.9. The number of nitrogens with two attached hydrogens (primary N) is 1. The summed E-state index contributed by atoms with van der Waals surface area (Å²) in [5.74, 6) is -0.215. The molecule has 0 radical (unpaired) electrons. The number of likely N-dealkylation sites (N-methyl/N-ethyl adjacent to an activating group) is 2. The van der Waals surface area contributed by atoms with E-state index in [0.717, 1.165) is 5.56 Å². The summed E-state index contributed by atoms with van der Waals surface area (Å²) in [6, 6.07) is 5.86. The highest BCUT2D eigenvalue weighted by Gasteiger charge is 2.22. The Bertz CT molecular complexity index is 485. The van der Waals surface area contributed by atoms with Gasteiger partial charge in [0.25, 0.3) is 0 Å². The minimum atomic E-state index is -0.704. The molecule has 0 aliphatic rings. The van der Waals surface area contributed by atoms with Crippen LogP contribution in [0.4, 0.5) is 0 Å². The Morgan fingerprint density at radius 1 is 1.24 bits per heavy atom. The van der Waals surface area contributed by atoms with Gasteiger partial charge in [0, 0.05) is 20.6 Å². The molecule has 0 saturated heterocycles. The summed E-state index contributed by atoms with van der Waals surface area (Å²) in [7, 11) is 3.30. The normalized spacial score (nSPS) is 11.8. The monoisotopic (exact) mass is 293 g/mol. The van der Waals surface area contributed by atoms with Gasteiger partial charge in [0.05, 0.1) is 12.6 Å². The summed E-state index contributed by atoms with van der Waals surface area (Å²) in [6.45, 7) is 2.28. The third kappa shape index (κ3) is 5.07. The maximum absolute atomic E-state index is 12.3. The first kappa shape index (κ1) is 17.0. The van der Waals surface area contributed by atoms with Gasteiger partial charge in [-0.2, -0.15) is 0 Å². The summed E-state index contributed by atoms with van der Waals surface area (Å²) in [5.41, 5.74) is 6.80. The van der Waals surface area contributed by atoms with Crippen molar-refractivity contribution in [1.29, 1.82) is 0 Å². The number of benzene rings is 1. The van der Waals surface area contributed by atoms with E-state index >= 15 is 0 Å². The zero-order valence-electron chi connectivity index (χ0n) is 12.7. The molecule has 21 heavy (non-hydrogen) atoms. The zero-order valence-corrected chi connectivity index (χ0v) is 12.7.